The van der Waals surface area contributed by atoms with Crippen molar-refractivity contribution in [1.82, 2.24) is 0 Å². The maximum absolute atomic E-state index is 12.1. The third-order valence-electron chi connectivity index (χ3n) is 2.72. The van der Waals surface area contributed by atoms with Gasteiger partial charge in [-0.3, -0.25) is 4.79 Å². The van der Waals surface area contributed by atoms with Gasteiger partial charge in [-0.2, -0.15) is 0 Å². The molecule has 0 amide bonds. The van der Waals surface area contributed by atoms with Gasteiger partial charge in [0.15, 0.2) is 5.78 Å². The van der Waals surface area contributed by atoms with Gasteiger partial charge < -0.3 is 10.5 Å². The SMILES string of the molecule is COc1cc(C)c(Cl)cc1C(=O)CC(C)CN. The van der Waals surface area contributed by atoms with Gasteiger partial charge in [0.05, 0.1) is 12.7 Å². The minimum absolute atomic E-state index is 0.0155. The highest BCUT2D eigenvalue weighted by Gasteiger charge is 2.16. The summed E-state index contributed by atoms with van der Waals surface area (Å²) in [7, 11) is 1.55. The maximum Gasteiger partial charge on any atom is 0.166 e. The first-order valence-corrected chi connectivity index (χ1v) is 5.94. The van der Waals surface area contributed by atoms with Crippen molar-refractivity contribution in [1.29, 1.82) is 0 Å². The van der Waals surface area contributed by atoms with Crippen molar-refractivity contribution in [2.45, 2.75) is 20.3 Å². The molecule has 0 aliphatic carbocycles. The third-order valence-corrected chi connectivity index (χ3v) is 3.12. The number of benzene rings is 1. The number of carbonyl (C=O) groups excluding carboxylic acids is 1. The van der Waals surface area contributed by atoms with Gasteiger partial charge in [0.25, 0.3) is 0 Å². The number of halogens is 1. The highest BCUT2D eigenvalue weighted by molar-refractivity contribution is 6.31. The molecule has 1 aromatic rings. The molecular formula is C13H18ClNO2. The molecule has 94 valence electrons. The van der Waals surface area contributed by atoms with Crippen molar-refractivity contribution in [3.63, 3.8) is 0 Å². The van der Waals surface area contributed by atoms with Gasteiger partial charge in [0.1, 0.15) is 5.75 Å². The number of ether oxygens (including phenoxy) is 1. The van der Waals surface area contributed by atoms with Crippen LogP contribution in [0.25, 0.3) is 0 Å². The van der Waals surface area contributed by atoms with E-state index in [1.54, 1.807) is 19.2 Å². The Balaban J connectivity index is 3.03. The number of ketones is 1. The first-order chi connectivity index (χ1) is 7.99. The van der Waals surface area contributed by atoms with E-state index in [2.05, 4.69) is 0 Å². The molecule has 17 heavy (non-hydrogen) atoms. The van der Waals surface area contributed by atoms with Crippen LogP contribution in [0.1, 0.15) is 29.3 Å². The van der Waals surface area contributed by atoms with Crippen LogP contribution >= 0.6 is 11.6 Å². The van der Waals surface area contributed by atoms with E-state index < -0.39 is 0 Å². The van der Waals surface area contributed by atoms with Crippen LogP contribution in [-0.4, -0.2) is 19.4 Å². The summed E-state index contributed by atoms with van der Waals surface area (Å²) in [6.07, 6.45) is 0.409. The maximum atomic E-state index is 12.1. The lowest BCUT2D eigenvalue weighted by atomic mass is 9.98. The van der Waals surface area contributed by atoms with E-state index in [0.717, 1.165) is 5.56 Å². The zero-order valence-corrected chi connectivity index (χ0v) is 11.2. The van der Waals surface area contributed by atoms with E-state index in [0.29, 0.717) is 29.3 Å². The van der Waals surface area contributed by atoms with E-state index in [-0.39, 0.29) is 11.7 Å². The fourth-order valence-corrected chi connectivity index (χ4v) is 1.72. The Morgan fingerprint density at radius 1 is 1.53 bits per heavy atom. The molecule has 1 rings (SSSR count). The number of rotatable bonds is 5. The average molecular weight is 256 g/mol. The van der Waals surface area contributed by atoms with Gasteiger partial charge in [0, 0.05) is 11.4 Å². The minimum atomic E-state index is 0.0155. The second-order valence-corrected chi connectivity index (χ2v) is 4.68. The van der Waals surface area contributed by atoms with Crippen LogP contribution in [0, 0.1) is 12.8 Å². The van der Waals surface area contributed by atoms with Crippen molar-refractivity contribution in [3.05, 3.63) is 28.3 Å². The van der Waals surface area contributed by atoms with Crippen LogP contribution in [0.5, 0.6) is 5.75 Å². The molecule has 0 aliphatic rings. The zero-order chi connectivity index (χ0) is 13.0. The normalized spacial score (nSPS) is 12.3. The van der Waals surface area contributed by atoms with Gasteiger partial charge in [0.2, 0.25) is 0 Å². The van der Waals surface area contributed by atoms with Crippen LogP contribution in [0.3, 0.4) is 0 Å². The molecule has 1 atom stereocenters. The number of hydrogen-bond acceptors (Lipinski definition) is 3. The molecule has 0 bridgehead atoms. The van der Waals surface area contributed by atoms with Gasteiger partial charge in [-0.05, 0) is 37.1 Å². The lowest BCUT2D eigenvalue weighted by molar-refractivity contribution is 0.0963. The molecule has 1 aromatic carbocycles. The summed E-state index contributed by atoms with van der Waals surface area (Å²) < 4.78 is 5.21. The molecule has 0 saturated carbocycles. The van der Waals surface area contributed by atoms with E-state index >= 15 is 0 Å². The summed E-state index contributed by atoms with van der Waals surface area (Å²) in [5.41, 5.74) is 6.94. The van der Waals surface area contributed by atoms with Gasteiger partial charge in [-0.25, -0.2) is 0 Å². The predicted molar refractivity (Wildman–Crippen MR) is 69.9 cm³/mol. The lowest BCUT2D eigenvalue weighted by Crippen LogP contribution is -2.15. The summed E-state index contributed by atoms with van der Waals surface area (Å²) in [5.74, 6) is 0.745. The van der Waals surface area contributed by atoms with Crippen LogP contribution < -0.4 is 10.5 Å². The molecule has 0 heterocycles. The van der Waals surface area contributed by atoms with Gasteiger partial charge in [-0.15, -0.1) is 0 Å². The Bertz CT molecular complexity index is 418. The largest absolute Gasteiger partial charge is 0.496 e. The van der Waals surface area contributed by atoms with E-state index in [1.807, 2.05) is 13.8 Å². The van der Waals surface area contributed by atoms with Crippen LogP contribution in [-0.2, 0) is 0 Å². The first-order valence-electron chi connectivity index (χ1n) is 5.57. The van der Waals surface area contributed by atoms with Crippen molar-refractivity contribution >= 4 is 17.4 Å². The number of carbonyl (C=O) groups is 1. The topological polar surface area (TPSA) is 52.3 Å². The highest BCUT2D eigenvalue weighted by atomic mass is 35.5. The second-order valence-electron chi connectivity index (χ2n) is 4.27. The lowest BCUT2D eigenvalue weighted by Gasteiger charge is -2.12. The number of nitrogens with two attached hydrogens (primary N) is 1. The molecule has 2 N–H and O–H groups in total. The average Bonchev–Trinajstić information content (AvgIpc) is 2.31. The van der Waals surface area contributed by atoms with Crippen LogP contribution in [0.4, 0.5) is 0 Å². The molecule has 0 spiro atoms. The Morgan fingerprint density at radius 3 is 2.71 bits per heavy atom. The number of hydrogen-bond donors (Lipinski definition) is 1. The highest BCUT2D eigenvalue weighted by Crippen LogP contribution is 2.28. The molecule has 0 aromatic heterocycles. The quantitative estimate of drug-likeness (QED) is 0.823. The molecule has 0 fully saturated rings. The molecule has 0 radical (unpaired) electrons. The number of aryl methyl sites for hydroxylation is 1. The molecule has 4 heteroatoms. The minimum Gasteiger partial charge on any atom is -0.496 e. The molecule has 0 saturated heterocycles. The van der Waals surface area contributed by atoms with E-state index in [9.17, 15) is 4.79 Å². The molecule has 3 nitrogen and oxygen atoms in total. The number of Topliss-reactive ketones (excluding diaryl/α,β-unsaturated/α-hetero) is 1. The van der Waals surface area contributed by atoms with Crippen molar-refractivity contribution in [2.24, 2.45) is 11.7 Å². The zero-order valence-electron chi connectivity index (χ0n) is 10.4. The molecular weight excluding hydrogens is 238 g/mol. The third kappa shape index (κ3) is 3.45. The van der Waals surface area contributed by atoms with Gasteiger partial charge in [-0.1, -0.05) is 18.5 Å². The Hall–Kier alpha value is -1.06. The van der Waals surface area contributed by atoms with Crippen molar-refractivity contribution < 1.29 is 9.53 Å². The smallest absolute Gasteiger partial charge is 0.166 e. The summed E-state index contributed by atoms with van der Waals surface area (Å²) >= 11 is 6.02. The van der Waals surface area contributed by atoms with Crippen molar-refractivity contribution in [3.8, 4) is 5.75 Å². The second kappa shape index (κ2) is 6.03. The summed E-state index contributed by atoms with van der Waals surface area (Å²) in [5, 5.41) is 0.578. The van der Waals surface area contributed by atoms with E-state index in [1.165, 1.54) is 0 Å². The van der Waals surface area contributed by atoms with E-state index in [4.69, 9.17) is 22.1 Å². The Labute approximate surface area is 107 Å². The van der Waals surface area contributed by atoms with Crippen LogP contribution in [0.2, 0.25) is 5.02 Å². The predicted octanol–water partition coefficient (Wildman–Crippen LogP) is 2.82. The summed E-state index contributed by atoms with van der Waals surface area (Å²) in [6, 6.07) is 3.45. The van der Waals surface area contributed by atoms with Gasteiger partial charge >= 0.3 is 0 Å². The first kappa shape index (κ1) is 14.0. The summed E-state index contributed by atoms with van der Waals surface area (Å²) in [4.78, 5) is 12.1. The number of methoxy groups -OCH3 is 1. The molecule has 1 unspecified atom stereocenters. The molecule has 0 aliphatic heterocycles. The fourth-order valence-electron chi connectivity index (χ4n) is 1.55. The van der Waals surface area contributed by atoms with Crippen LogP contribution in [0.15, 0.2) is 12.1 Å². The Morgan fingerprint density at radius 2 is 2.18 bits per heavy atom. The van der Waals surface area contributed by atoms with Crippen molar-refractivity contribution in [2.75, 3.05) is 13.7 Å². The summed E-state index contributed by atoms with van der Waals surface area (Å²) in [6.45, 7) is 4.31. The standard InChI is InChI=1S/C13H18ClNO2/c1-8(7-15)4-12(16)10-6-11(14)9(2)5-13(10)17-3/h5-6,8H,4,7,15H2,1-3H3. The Kier molecular flexibility index (Phi) is 4.97. The monoisotopic (exact) mass is 255 g/mol. The fraction of sp³-hybridized carbons (Fsp3) is 0.462.